The number of hydrogen-bond donors (Lipinski definition) is 2. The van der Waals surface area contributed by atoms with E-state index in [0.29, 0.717) is 10.7 Å². The number of hydrazine groups is 1. The van der Waals surface area contributed by atoms with Crippen molar-refractivity contribution in [2.24, 2.45) is 5.92 Å². The number of rotatable bonds is 6. The van der Waals surface area contributed by atoms with Crippen LogP contribution in [0, 0.1) is 19.8 Å². The Morgan fingerprint density at radius 3 is 2.42 bits per heavy atom. The zero-order chi connectivity index (χ0) is 24.3. The van der Waals surface area contributed by atoms with E-state index in [0.717, 1.165) is 20.6 Å². The molecule has 1 fully saturated rings. The van der Waals surface area contributed by atoms with Gasteiger partial charge in [-0.2, -0.15) is 0 Å². The van der Waals surface area contributed by atoms with E-state index in [1.807, 2.05) is 13.8 Å². The molecule has 2 aromatic rings. The van der Waals surface area contributed by atoms with Crippen LogP contribution in [0.1, 0.15) is 27.9 Å². The van der Waals surface area contributed by atoms with Crippen LogP contribution in [0.15, 0.2) is 34.8 Å². The summed E-state index contributed by atoms with van der Waals surface area (Å²) in [5.74, 6) is -3.03. The van der Waals surface area contributed by atoms with Gasteiger partial charge in [-0.05, 0) is 55.3 Å². The summed E-state index contributed by atoms with van der Waals surface area (Å²) in [7, 11) is 0. The lowest BCUT2D eigenvalue weighted by atomic mass is 10.1. The molecule has 1 aliphatic heterocycles. The Labute approximate surface area is 208 Å². The molecule has 0 aliphatic carbocycles. The lowest BCUT2D eigenvalue weighted by Crippen LogP contribution is -2.43. The first-order valence-corrected chi connectivity index (χ1v) is 11.4. The second-order valence-corrected chi connectivity index (χ2v) is 9.16. The van der Waals surface area contributed by atoms with Crippen molar-refractivity contribution >= 4 is 68.5 Å². The van der Waals surface area contributed by atoms with Gasteiger partial charge in [-0.1, -0.05) is 39.1 Å². The molecule has 3 rings (SSSR count). The molecule has 2 aromatic carbocycles. The number of nitrogens with zero attached hydrogens (tertiary/aromatic N) is 1. The van der Waals surface area contributed by atoms with E-state index in [-0.39, 0.29) is 23.6 Å². The maximum Gasteiger partial charge on any atom is 0.311 e. The highest BCUT2D eigenvalue weighted by molar-refractivity contribution is 9.10. The SMILES string of the molecule is Cc1cc(NC(=O)COC(=O)[C@@H]2CC(=O)N(NC(=O)c3ccc(Cl)c(Cl)c3)C2)cc(C)c1Br. The highest BCUT2D eigenvalue weighted by Gasteiger charge is 2.36. The first-order chi connectivity index (χ1) is 15.5. The lowest BCUT2D eigenvalue weighted by molar-refractivity contribution is -0.151. The van der Waals surface area contributed by atoms with Gasteiger partial charge in [0.15, 0.2) is 6.61 Å². The summed E-state index contributed by atoms with van der Waals surface area (Å²) in [5.41, 5.74) is 5.14. The summed E-state index contributed by atoms with van der Waals surface area (Å²) in [6, 6.07) is 7.88. The van der Waals surface area contributed by atoms with Crippen molar-refractivity contribution in [2.45, 2.75) is 20.3 Å². The van der Waals surface area contributed by atoms with Crippen molar-refractivity contribution in [1.29, 1.82) is 0 Å². The van der Waals surface area contributed by atoms with Crippen molar-refractivity contribution in [3.8, 4) is 0 Å². The summed E-state index contributed by atoms with van der Waals surface area (Å²) < 4.78 is 6.03. The maximum atomic E-state index is 12.4. The molecule has 0 unspecified atom stereocenters. The van der Waals surface area contributed by atoms with Gasteiger partial charge < -0.3 is 10.1 Å². The Hall–Kier alpha value is -2.62. The predicted octanol–water partition coefficient (Wildman–Crippen LogP) is 4.05. The van der Waals surface area contributed by atoms with Crippen molar-refractivity contribution in [3.05, 3.63) is 61.5 Å². The van der Waals surface area contributed by atoms with E-state index in [1.54, 1.807) is 12.1 Å². The Morgan fingerprint density at radius 2 is 1.79 bits per heavy atom. The fourth-order valence-electron chi connectivity index (χ4n) is 3.27. The molecule has 174 valence electrons. The van der Waals surface area contributed by atoms with Crippen molar-refractivity contribution in [1.82, 2.24) is 10.4 Å². The summed E-state index contributed by atoms with van der Waals surface area (Å²) in [6.45, 7) is 3.23. The molecule has 1 aliphatic rings. The van der Waals surface area contributed by atoms with E-state index in [2.05, 4.69) is 26.7 Å². The number of carbonyl (C=O) groups excluding carboxylic acids is 4. The molecule has 0 spiro atoms. The van der Waals surface area contributed by atoms with Crippen LogP contribution in [-0.2, 0) is 19.1 Å². The molecule has 0 bridgehead atoms. The monoisotopic (exact) mass is 555 g/mol. The number of carbonyl (C=O) groups is 4. The largest absolute Gasteiger partial charge is 0.455 e. The molecule has 2 N–H and O–H groups in total. The molecule has 33 heavy (non-hydrogen) atoms. The molecule has 11 heteroatoms. The first-order valence-electron chi connectivity index (χ1n) is 9.84. The van der Waals surface area contributed by atoms with Crippen LogP contribution in [0.4, 0.5) is 5.69 Å². The number of aryl methyl sites for hydroxylation is 2. The summed E-state index contributed by atoms with van der Waals surface area (Å²) in [4.78, 5) is 49.1. The third-order valence-electron chi connectivity index (χ3n) is 4.94. The standard InChI is InChI=1S/C22H20BrCl2N3O5/c1-11-5-15(6-12(2)20(11)23)26-18(29)10-33-22(32)14-8-19(30)28(9-14)27-21(31)13-3-4-16(24)17(25)7-13/h3-7,14H,8-10H2,1-2H3,(H,26,29)(H,27,31)/t14-/m1/s1. The Balaban J connectivity index is 1.51. The van der Waals surface area contributed by atoms with E-state index in [4.69, 9.17) is 27.9 Å². The number of esters is 1. The summed E-state index contributed by atoms with van der Waals surface area (Å²) in [6.07, 6.45) is -0.146. The van der Waals surface area contributed by atoms with Crippen LogP contribution in [0.3, 0.4) is 0 Å². The zero-order valence-corrected chi connectivity index (χ0v) is 20.8. The molecule has 8 nitrogen and oxygen atoms in total. The van der Waals surface area contributed by atoms with E-state index in [9.17, 15) is 19.2 Å². The van der Waals surface area contributed by atoms with Crippen LogP contribution in [-0.4, -0.2) is 41.9 Å². The van der Waals surface area contributed by atoms with Crippen molar-refractivity contribution in [2.75, 3.05) is 18.5 Å². The number of anilines is 1. The Morgan fingerprint density at radius 1 is 1.12 bits per heavy atom. The number of halogens is 3. The van der Waals surface area contributed by atoms with E-state index in [1.165, 1.54) is 18.2 Å². The average molecular weight is 557 g/mol. The minimum atomic E-state index is -0.809. The van der Waals surface area contributed by atoms with Gasteiger partial charge in [0.25, 0.3) is 11.8 Å². The zero-order valence-electron chi connectivity index (χ0n) is 17.7. The average Bonchev–Trinajstić information content (AvgIpc) is 3.12. The molecule has 3 amide bonds. The Bertz CT molecular complexity index is 1120. The van der Waals surface area contributed by atoms with E-state index >= 15 is 0 Å². The van der Waals surface area contributed by atoms with Crippen LogP contribution >= 0.6 is 39.1 Å². The highest BCUT2D eigenvalue weighted by atomic mass is 79.9. The van der Waals surface area contributed by atoms with Gasteiger partial charge in [0.05, 0.1) is 22.5 Å². The number of hydrogen-bond acceptors (Lipinski definition) is 5. The molecular weight excluding hydrogens is 537 g/mol. The minimum absolute atomic E-state index is 0.0720. The predicted molar refractivity (Wildman–Crippen MR) is 127 cm³/mol. The van der Waals surface area contributed by atoms with E-state index < -0.39 is 36.2 Å². The summed E-state index contributed by atoms with van der Waals surface area (Å²) in [5, 5.41) is 4.21. The molecule has 1 heterocycles. The number of amides is 3. The Kier molecular flexibility index (Phi) is 7.99. The van der Waals surface area contributed by atoms with Gasteiger partial charge in [-0.25, -0.2) is 0 Å². The maximum absolute atomic E-state index is 12.4. The van der Waals surface area contributed by atoms with Gasteiger partial charge in [-0.3, -0.25) is 29.6 Å². The van der Waals surface area contributed by atoms with Gasteiger partial charge >= 0.3 is 5.97 Å². The van der Waals surface area contributed by atoms with Crippen LogP contribution < -0.4 is 10.7 Å². The van der Waals surface area contributed by atoms with Gasteiger partial charge in [0.2, 0.25) is 5.91 Å². The normalized spacial score (nSPS) is 15.4. The molecule has 1 atom stereocenters. The number of ether oxygens (including phenoxy) is 1. The van der Waals surface area contributed by atoms with Gasteiger partial charge in [0, 0.05) is 22.1 Å². The quantitative estimate of drug-likeness (QED) is 0.522. The highest BCUT2D eigenvalue weighted by Crippen LogP contribution is 2.25. The molecule has 0 saturated carbocycles. The smallest absolute Gasteiger partial charge is 0.311 e. The first kappa shape index (κ1) is 25.0. The minimum Gasteiger partial charge on any atom is -0.455 e. The van der Waals surface area contributed by atoms with Crippen LogP contribution in [0.2, 0.25) is 10.0 Å². The van der Waals surface area contributed by atoms with Gasteiger partial charge in [-0.15, -0.1) is 0 Å². The topological polar surface area (TPSA) is 105 Å². The molecule has 0 aromatic heterocycles. The second-order valence-electron chi connectivity index (χ2n) is 7.56. The molecule has 1 saturated heterocycles. The summed E-state index contributed by atoms with van der Waals surface area (Å²) >= 11 is 15.2. The third-order valence-corrected chi connectivity index (χ3v) is 6.93. The van der Waals surface area contributed by atoms with Crippen molar-refractivity contribution in [3.63, 3.8) is 0 Å². The van der Waals surface area contributed by atoms with Crippen LogP contribution in [0.25, 0.3) is 0 Å². The molecular formula is C22H20BrCl2N3O5. The fraction of sp³-hybridized carbons (Fsp3) is 0.273. The lowest BCUT2D eigenvalue weighted by Gasteiger charge is -2.17. The van der Waals surface area contributed by atoms with Crippen molar-refractivity contribution < 1.29 is 23.9 Å². The second kappa shape index (κ2) is 10.5. The van der Waals surface area contributed by atoms with Gasteiger partial charge in [0.1, 0.15) is 0 Å². The third kappa shape index (κ3) is 6.25. The fourth-order valence-corrected chi connectivity index (χ4v) is 3.79. The van der Waals surface area contributed by atoms with Crippen LogP contribution in [0.5, 0.6) is 0 Å². The number of benzene rings is 2. The number of nitrogens with one attached hydrogen (secondary N) is 2. The molecule has 0 radical (unpaired) electrons.